The van der Waals surface area contributed by atoms with Crippen molar-refractivity contribution in [2.45, 2.75) is 13.8 Å². The molecule has 2 aromatic rings. The van der Waals surface area contributed by atoms with Gasteiger partial charge >= 0.3 is 0 Å². The summed E-state index contributed by atoms with van der Waals surface area (Å²) in [7, 11) is 1.78. The number of rotatable bonds is 6. The van der Waals surface area contributed by atoms with E-state index in [1.54, 1.807) is 20.0 Å². The lowest BCUT2D eigenvalue weighted by Gasteiger charge is -2.14. The zero-order valence-corrected chi connectivity index (χ0v) is 15.4. The van der Waals surface area contributed by atoms with E-state index in [1.165, 1.54) is 0 Å². The van der Waals surface area contributed by atoms with Crippen LogP contribution in [0.4, 0.5) is 11.5 Å². The first-order chi connectivity index (χ1) is 11.3. The highest BCUT2D eigenvalue weighted by atomic mass is 79.9. The second-order valence-corrected chi connectivity index (χ2v) is 6.60. The third kappa shape index (κ3) is 5.47. The highest BCUT2D eigenvalue weighted by molar-refractivity contribution is 9.10. The number of nitrogens with zero attached hydrogens (tertiary/aromatic N) is 1. The largest absolute Gasteiger partial charge is 0.360 e. The van der Waals surface area contributed by atoms with Gasteiger partial charge in [0.15, 0.2) is 18.9 Å². The summed E-state index contributed by atoms with van der Waals surface area (Å²) in [5, 5.41) is 9.18. The Labute approximate surface area is 148 Å². The van der Waals surface area contributed by atoms with Crippen LogP contribution in [0.25, 0.3) is 0 Å². The first kappa shape index (κ1) is 18.2. The summed E-state index contributed by atoms with van der Waals surface area (Å²) >= 11 is 3.39. The van der Waals surface area contributed by atoms with Crippen LogP contribution in [0.15, 0.2) is 33.3 Å². The van der Waals surface area contributed by atoms with Crippen LogP contribution >= 0.6 is 15.9 Å². The van der Waals surface area contributed by atoms with Gasteiger partial charge in [0.2, 0.25) is 0 Å². The smallest absolute Gasteiger partial charge is 0.280 e. The van der Waals surface area contributed by atoms with Gasteiger partial charge in [-0.2, -0.15) is 0 Å². The first-order valence-corrected chi connectivity index (χ1v) is 8.23. The van der Waals surface area contributed by atoms with E-state index in [4.69, 9.17) is 4.52 Å². The molecule has 8 heteroatoms. The van der Waals surface area contributed by atoms with Gasteiger partial charge in [0, 0.05) is 16.2 Å². The van der Waals surface area contributed by atoms with Crippen molar-refractivity contribution in [3.63, 3.8) is 0 Å². The van der Waals surface area contributed by atoms with Crippen molar-refractivity contribution in [2.24, 2.45) is 0 Å². The molecule has 0 spiro atoms. The number of carbonyl (C=O) groups is 2. The Kier molecular flexibility index (Phi) is 6.10. The number of aromatic nitrogens is 1. The molecule has 3 N–H and O–H groups in total. The Balaban J connectivity index is 1.81. The summed E-state index contributed by atoms with van der Waals surface area (Å²) in [6.45, 7) is 4.00. The van der Waals surface area contributed by atoms with E-state index in [2.05, 4.69) is 31.7 Å². The number of hydrogen-bond acceptors (Lipinski definition) is 4. The number of amides is 2. The van der Waals surface area contributed by atoms with E-state index in [-0.39, 0.29) is 24.9 Å². The fraction of sp³-hybridized carbons (Fsp3) is 0.312. The van der Waals surface area contributed by atoms with Gasteiger partial charge in [-0.3, -0.25) is 9.59 Å². The predicted molar refractivity (Wildman–Crippen MR) is 94.0 cm³/mol. The van der Waals surface area contributed by atoms with Gasteiger partial charge in [0.1, 0.15) is 5.76 Å². The lowest BCUT2D eigenvalue weighted by atomic mass is 10.2. The van der Waals surface area contributed by atoms with Crippen LogP contribution in [0, 0.1) is 13.8 Å². The Morgan fingerprint density at radius 2 is 1.83 bits per heavy atom. The van der Waals surface area contributed by atoms with Crippen molar-refractivity contribution >= 4 is 39.2 Å². The second-order valence-electron chi connectivity index (χ2n) is 5.69. The zero-order chi connectivity index (χ0) is 17.7. The number of aryl methyl sites for hydroxylation is 2. The minimum Gasteiger partial charge on any atom is -0.360 e. The van der Waals surface area contributed by atoms with Crippen LogP contribution < -0.4 is 15.5 Å². The molecule has 1 aromatic carbocycles. The Morgan fingerprint density at radius 3 is 2.42 bits per heavy atom. The maximum atomic E-state index is 12.1. The Morgan fingerprint density at radius 1 is 1.17 bits per heavy atom. The quantitative estimate of drug-likeness (QED) is 0.684. The molecule has 0 saturated carbocycles. The minimum atomic E-state index is -0.228. The molecule has 1 atom stereocenters. The monoisotopic (exact) mass is 395 g/mol. The van der Waals surface area contributed by atoms with E-state index in [0.29, 0.717) is 11.6 Å². The van der Waals surface area contributed by atoms with Crippen LogP contribution in [-0.2, 0) is 9.59 Å². The number of hydrogen-bond donors (Lipinski definition) is 3. The molecule has 0 radical (unpaired) electrons. The summed E-state index contributed by atoms with van der Waals surface area (Å²) in [6.07, 6.45) is 0. The fourth-order valence-electron chi connectivity index (χ4n) is 2.18. The van der Waals surface area contributed by atoms with E-state index >= 15 is 0 Å². The number of quaternary nitrogens is 1. The van der Waals surface area contributed by atoms with Crippen LogP contribution in [0.2, 0.25) is 0 Å². The molecule has 0 fully saturated rings. The number of anilines is 2. The molecular weight excluding hydrogens is 376 g/mol. The number of benzene rings is 1. The van der Waals surface area contributed by atoms with Crippen molar-refractivity contribution < 1.29 is 19.0 Å². The van der Waals surface area contributed by atoms with Gasteiger partial charge < -0.3 is 20.1 Å². The third-order valence-electron chi connectivity index (χ3n) is 3.28. The summed E-state index contributed by atoms with van der Waals surface area (Å²) in [5.41, 5.74) is 1.73. The zero-order valence-electron chi connectivity index (χ0n) is 13.8. The summed E-state index contributed by atoms with van der Waals surface area (Å²) in [5.74, 6) is 0.618. The van der Waals surface area contributed by atoms with Gasteiger partial charge in [-0.15, -0.1) is 0 Å². The fourth-order valence-corrected chi connectivity index (χ4v) is 2.66. The van der Waals surface area contributed by atoms with Crippen molar-refractivity contribution in [3.8, 4) is 0 Å². The van der Waals surface area contributed by atoms with E-state index in [1.807, 2.05) is 25.1 Å². The van der Waals surface area contributed by atoms with Crippen molar-refractivity contribution in [3.05, 3.63) is 40.1 Å². The molecule has 0 aliphatic rings. The molecule has 2 rings (SSSR count). The van der Waals surface area contributed by atoms with Crippen LogP contribution in [-0.4, -0.2) is 37.1 Å². The number of nitrogens with one attached hydrogen (secondary N) is 3. The number of carbonyl (C=O) groups excluding carboxylic acids is 2. The van der Waals surface area contributed by atoms with Crippen LogP contribution in [0.1, 0.15) is 11.3 Å². The van der Waals surface area contributed by atoms with E-state index in [0.717, 1.165) is 20.6 Å². The molecule has 1 heterocycles. The Hall–Kier alpha value is -2.19. The lowest BCUT2D eigenvalue weighted by molar-refractivity contribution is -0.862. The summed E-state index contributed by atoms with van der Waals surface area (Å²) in [6, 6.07) is 7.27. The normalized spacial score (nSPS) is 11.8. The molecule has 0 bridgehead atoms. The van der Waals surface area contributed by atoms with Gasteiger partial charge in [0.05, 0.1) is 7.05 Å². The Bertz CT molecular complexity index is 745. The van der Waals surface area contributed by atoms with E-state index in [9.17, 15) is 9.59 Å². The van der Waals surface area contributed by atoms with Crippen LogP contribution in [0.5, 0.6) is 0 Å². The van der Waals surface area contributed by atoms with Gasteiger partial charge in [-0.05, 0) is 37.6 Å². The number of likely N-dealkylation sites (N-methyl/N-ethyl adjacent to an activating group) is 1. The topological polar surface area (TPSA) is 88.7 Å². The second kappa shape index (κ2) is 8.07. The molecule has 0 saturated heterocycles. The molecule has 0 aliphatic carbocycles. The molecule has 24 heavy (non-hydrogen) atoms. The SMILES string of the molecule is Cc1cc(NC(=O)C[NH+](C)CC(=O)Nc2ccc(Br)cc2C)no1. The van der Waals surface area contributed by atoms with Gasteiger partial charge in [-0.25, -0.2) is 0 Å². The maximum Gasteiger partial charge on any atom is 0.280 e. The molecule has 1 aromatic heterocycles. The first-order valence-electron chi connectivity index (χ1n) is 7.44. The lowest BCUT2D eigenvalue weighted by Crippen LogP contribution is -3.11. The average Bonchev–Trinajstić information content (AvgIpc) is 2.86. The molecule has 7 nitrogen and oxygen atoms in total. The summed E-state index contributed by atoms with van der Waals surface area (Å²) in [4.78, 5) is 24.8. The highest BCUT2D eigenvalue weighted by Gasteiger charge is 2.16. The highest BCUT2D eigenvalue weighted by Crippen LogP contribution is 2.19. The average molecular weight is 396 g/mol. The maximum absolute atomic E-state index is 12.1. The van der Waals surface area contributed by atoms with Gasteiger partial charge in [-0.1, -0.05) is 21.1 Å². The molecular formula is C16H20BrN4O3+. The molecule has 2 amide bonds. The number of halogens is 1. The third-order valence-corrected chi connectivity index (χ3v) is 3.78. The predicted octanol–water partition coefficient (Wildman–Crippen LogP) is 1.15. The van der Waals surface area contributed by atoms with E-state index < -0.39 is 0 Å². The van der Waals surface area contributed by atoms with Crippen molar-refractivity contribution in [2.75, 3.05) is 30.8 Å². The van der Waals surface area contributed by atoms with Crippen molar-refractivity contribution in [1.82, 2.24) is 5.16 Å². The van der Waals surface area contributed by atoms with Gasteiger partial charge in [0.25, 0.3) is 11.8 Å². The summed E-state index contributed by atoms with van der Waals surface area (Å²) < 4.78 is 5.84. The van der Waals surface area contributed by atoms with Crippen LogP contribution in [0.3, 0.4) is 0 Å². The molecule has 0 aliphatic heterocycles. The molecule has 1 unspecified atom stereocenters. The standard InChI is InChI=1S/C16H19BrN4O3/c1-10-6-12(17)4-5-13(10)18-15(22)8-21(3)9-16(23)19-14-7-11(2)24-20-14/h4-7H,8-9H2,1-3H3,(H,18,22)(H,19,20,23)/p+1. The van der Waals surface area contributed by atoms with Crippen molar-refractivity contribution in [1.29, 1.82) is 0 Å². The minimum absolute atomic E-state index is 0.150. The molecule has 128 valence electrons.